The second kappa shape index (κ2) is 8.40. The van der Waals surface area contributed by atoms with Crippen molar-refractivity contribution in [1.82, 2.24) is 14.5 Å². The van der Waals surface area contributed by atoms with Crippen LogP contribution in [-0.2, 0) is 17.4 Å². The minimum absolute atomic E-state index is 0.0988. The molecule has 32 heavy (non-hydrogen) atoms. The Kier molecular flexibility index (Phi) is 5.29. The molecule has 0 unspecified atom stereocenters. The van der Waals surface area contributed by atoms with Crippen LogP contribution < -0.4 is 10.5 Å². The van der Waals surface area contributed by atoms with E-state index in [0.29, 0.717) is 31.3 Å². The van der Waals surface area contributed by atoms with Crippen LogP contribution >= 0.6 is 0 Å². The molecule has 160 valence electrons. The van der Waals surface area contributed by atoms with Gasteiger partial charge in [-0.1, -0.05) is 60.7 Å². The van der Waals surface area contributed by atoms with Crippen molar-refractivity contribution in [3.8, 4) is 11.3 Å². The fourth-order valence-corrected chi connectivity index (χ4v) is 4.31. The Morgan fingerprint density at radius 1 is 0.906 bits per heavy atom. The Hall–Kier alpha value is -3.77. The second-order valence-electron chi connectivity index (χ2n) is 7.90. The van der Waals surface area contributed by atoms with Crippen molar-refractivity contribution >= 4 is 5.95 Å². The second-order valence-corrected chi connectivity index (χ2v) is 7.90. The number of anilines is 1. The van der Waals surface area contributed by atoms with Gasteiger partial charge in [0, 0.05) is 37.6 Å². The molecule has 0 spiro atoms. The molecule has 3 heterocycles. The maximum absolute atomic E-state index is 12.8. The summed E-state index contributed by atoms with van der Waals surface area (Å²) in [6.45, 7) is 1.70. The summed E-state index contributed by atoms with van der Waals surface area (Å²) >= 11 is 0. The molecule has 2 aromatic heterocycles. The topological polar surface area (TPSA) is 60.2 Å². The minimum Gasteiger partial charge on any atom is -0.362 e. The number of hydrogen-bond acceptors (Lipinski definition) is 5. The van der Waals surface area contributed by atoms with E-state index in [9.17, 15) is 4.79 Å². The van der Waals surface area contributed by atoms with Gasteiger partial charge in [0.15, 0.2) is 0 Å². The largest absolute Gasteiger partial charge is 0.362 e. The van der Waals surface area contributed by atoms with Gasteiger partial charge in [-0.3, -0.25) is 14.3 Å². The van der Waals surface area contributed by atoms with Gasteiger partial charge in [0.1, 0.15) is 5.60 Å². The summed E-state index contributed by atoms with van der Waals surface area (Å²) < 4.78 is 8.12. The molecule has 1 saturated heterocycles. The molecule has 0 atom stereocenters. The Morgan fingerprint density at radius 2 is 1.53 bits per heavy atom. The molecule has 2 aromatic carbocycles. The summed E-state index contributed by atoms with van der Waals surface area (Å²) in [7, 11) is 1.77. The highest BCUT2D eigenvalue weighted by Crippen LogP contribution is 2.38. The first-order chi connectivity index (χ1) is 15.7. The normalized spacial score (nSPS) is 15.5. The lowest BCUT2D eigenvalue weighted by Crippen LogP contribution is -2.52. The third-order valence-electron chi connectivity index (χ3n) is 5.97. The van der Waals surface area contributed by atoms with Crippen molar-refractivity contribution in [3.63, 3.8) is 0 Å². The van der Waals surface area contributed by atoms with Crippen LogP contribution in [0.1, 0.15) is 11.1 Å². The molecule has 6 heteroatoms. The Balaban J connectivity index is 1.61. The summed E-state index contributed by atoms with van der Waals surface area (Å²) in [5.74, 6) is 0.629. The summed E-state index contributed by atoms with van der Waals surface area (Å²) in [5, 5.41) is 0. The van der Waals surface area contributed by atoms with E-state index in [1.807, 2.05) is 48.5 Å². The summed E-state index contributed by atoms with van der Waals surface area (Å²) in [4.78, 5) is 23.9. The van der Waals surface area contributed by atoms with E-state index in [4.69, 9.17) is 9.72 Å². The smallest absolute Gasteiger partial charge is 0.255 e. The van der Waals surface area contributed by atoms with Crippen LogP contribution in [0, 0.1) is 0 Å². The molecular formula is C26H24N4O2. The molecule has 0 bridgehead atoms. The zero-order valence-corrected chi connectivity index (χ0v) is 17.9. The highest BCUT2D eigenvalue weighted by Gasteiger charge is 2.41. The summed E-state index contributed by atoms with van der Waals surface area (Å²) in [6.07, 6.45) is 3.41. The maximum atomic E-state index is 12.8. The number of morpholine rings is 1. The van der Waals surface area contributed by atoms with Gasteiger partial charge in [-0.2, -0.15) is 0 Å². The van der Waals surface area contributed by atoms with Gasteiger partial charge in [0.05, 0.1) is 18.8 Å². The molecule has 1 aliphatic rings. The van der Waals surface area contributed by atoms with E-state index >= 15 is 0 Å². The molecule has 0 saturated carbocycles. The Bertz CT molecular complexity index is 1220. The van der Waals surface area contributed by atoms with E-state index < -0.39 is 5.60 Å². The molecule has 1 fully saturated rings. The standard InChI is InChI=1S/C26H24N4O2/c1-29-24(31)18-23(20-12-14-27-15-13-20)28-25(29)30-16-17-32-26(19-30,21-8-4-2-5-9-21)22-10-6-3-7-11-22/h2-15,18H,16-17,19H2,1H3. The van der Waals surface area contributed by atoms with Crippen LogP contribution in [0.4, 0.5) is 5.95 Å². The van der Waals surface area contributed by atoms with Crippen LogP contribution in [0.3, 0.4) is 0 Å². The van der Waals surface area contributed by atoms with Crippen molar-refractivity contribution in [3.05, 3.63) is 113 Å². The summed E-state index contributed by atoms with van der Waals surface area (Å²) in [6, 6.07) is 25.8. The molecule has 0 radical (unpaired) electrons. The highest BCUT2D eigenvalue weighted by molar-refractivity contribution is 5.59. The van der Waals surface area contributed by atoms with Gasteiger partial charge in [0.2, 0.25) is 5.95 Å². The molecule has 0 aliphatic carbocycles. The van der Waals surface area contributed by atoms with Crippen molar-refractivity contribution in [1.29, 1.82) is 0 Å². The first kappa shape index (κ1) is 20.2. The van der Waals surface area contributed by atoms with E-state index in [0.717, 1.165) is 16.7 Å². The monoisotopic (exact) mass is 424 g/mol. The molecule has 5 rings (SSSR count). The van der Waals surface area contributed by atoms with Crippen LogP contribution in [-0.4, -0.2) is 34.2 Å². The highest BCUT2D eigenvalue weighted by atomic mass is 16.5. The number of benzene rings is 2. The molecule has 0 amide bonds. The quantitative estimate of drug-likeness (QED) is 0.501. The molecule has 1 aliphatic heterocycles. The zero-order valence-electron chi connectivity index (χ0n) is 17.9. The van der Waals surface area contributed by atoms with E-state index in [1.165, 1.54) is 0 Å². The number of pyridine rings is 1. The number of rotatable bonds is 4. The predicted octanol–water partition coefficient (Wildman–Crippen LogP) is 3.62. The SMILES string of the molecule is Cn1c(N2CCOC(c3ccccc3)(c3ccccc3)C2)nc(-c2ccncc2)cc1=O. The van der Waals surface area contributed by atoms with Gasteiger partial charge < -0.3 is 9.64 Å². The van der Waals surface area contributed by atoms with Crippen LogP contribution in [0.5, 0.6) is 0 Å². The lowest BCUT2D eigenvalue weighted by Gasteiger charge is -2.44. The summed E-state index contributed by atoms with van der Waals surface area (Å²) in [5.41, 5.74) is 2.90. The van der Waals surface area contributed by atoms with Gasteiger partial charge >= 0.3 is 0 Å². The molecular weight excluding hydrogens is 400 g/mol. The fraction of sp³-hybridized carbons (Fsp3) is 0.192. The third kappa shape index (κ3) is 3.59. The number of aromatic nitrogens is 3. The maximum Gasteiger partial charge on any atom is 0.255 e. The molecule has 4 aromatic rings. The van der Waals surface area contributed by atoms with Crippen molar-refractivity contribution < 1.29 is 4.74 Å². The Labute approximate surface area is 186 Å². The lowest BCUT2D eigenvalue weighted by atomic mass is 9.84. The number of nitrogens with zero attached hydrogens (tertiary/aromatic N) is 4. The van der Waals surface area contributed by atoms with Crippen LogP contribution in [0.2, 0.25) is 0 Å². The van der Waals surface area contributed by atoms with Crippen molar-refractivity contribution in [2.45, 2.75) is 5.60 Å². The van der Waals surface area contributed by atoms with Crippen molar-refractivity contribution in [2.24, 2.45) is 7.05 Å². The van der Waals surface area contributed by atoms with Crippen LogP contribution in [0.15, 0.2) is 96.1 Å². The van der Waals surface area contributed by atoms with E-state index in [-0.39, 0.29) is 5.56 Å². The average Bonchev–Trinajstić information content (AvgIpc) is 2.87. The predicted molar refractivity (Wildman–Crippen MR) is 125 cm³/mol. The zero-order chi connectivity index (χ0) is 22.0. The number of hydrogen-bond donors (Lipinski definition) is 0. The first-order valence-electron chi connectivity index (χ1n) is 10.7. The van der Waals surface area contributed by atoms with E-state index in [1.54, 1.807) is 30.1 Å². The van der Waals surface area contributed by atoms with Crippen LogP contribution in [0.25, 0.3) is 11.3 Å². The van der Waals surface area contributed by atoms with Crippen molar-refractivity contribution in [2.75, 3.05) is 24.6 Å². The van der Waals surface area contributed by atoms with Gasteiger partial charge in [0.25, 0.3) is 5.56 Å². The van der Waals surface area contributed by atoms with Gasteiger partial charge in [-0.05, 0) is 23.3 Å². The number of ether oxygens (including phenoxy) is 1. The fourth-order valence-electron chi connectivity index (χ4n) is 4.31. The van der Waals surface area contributed by atoms with E-state index in [2.05, 4.69) is 34.1 Å². The minimum atomic E-state index is -0.662. The van der Waals surface area contributed by atoms with Gasteiger partial charge in [-0.15, -0.1) is 0 Å². The third-order valence-corrected chi connectivity index (χ3v) is 5.97. The lowest BCUT2D eigenvalue weighted by molar-refractivity contribution is -0.0301. The van der Waals surface area contributed by atoms with Gasteiger partial charge in [-0.25, -0.2) is 4.98 Å². The molecule has 6 nitrogen and oxygen atoms in total. The average molecular weight is 425 g/mol. The Morgan fingerprint density at radius 3 is 2.16 bits per heavy atom. The molecule has 0 N–H and O–H groups in total. The first-order valence-corrected chi connectivity index (χ1v) is 10.7.